The predicted octanol–water partition coefficient (Wildman–Crippen LogP) is 1.41. The molecule has 0 spiro atoms. The SMILES string of the molecule is CCN(C(=O)CSc1nnnn1-c1cccc(C)c1C)[C@H]1CCS(=O)(=O)C1. The quantitative estimate of drug-likeness (QED) is 0.665. The fraction of sp³-hybridized carbons (Fsp3) is 0.529. The van der Waals surface area contributed by atoms with E-state index in [1.165, 1.54) is 11.8 Å². The van der Waals surface area contributed by atoms with Crippen LogP contribution >= 0.6 is 11.8 Å². The first-order valence-corrected chi connectivity index (χ1v) is 11.6. The van der Waals surface area contributed by atoms with Crippen LogP contribution in [0.25, 0.3) is 5.69 Å². The lowest BCUT2D eigenvalue weighted by Gasteiger charge is -2.26. The van der Waals surface area contributed by atoms with E-state index in [9.17, 15) is 13.2 Å². The summed E-state index contributed by atoms with van der Waals surface area (Å²) in [6.45, 7) is 6.38. The number of carbonyl (C=O) groups is 1. The smallest absolute Gasteiger partial charge is 0.233 e. The van der Waals surface area contributed by atoms with Crippen LogP contribution in [0.3, 0.4) is 0 Å². The van der Waals surface area contributed by atoms with E-state index >= 15 is 0 Å². The fourth-order valence-corrected chi connectivity index (χ4v) is 5.75. The molecule has 1 amide bonds. The van der Waals surface area contributed by atoms with Crippen LogP contribution in [0.2, 0.25) is 0 Å². The minimum absolute atomic E-state index is 0.0530. The number of sulfone groups is 1. The first kappa shape index (κ1) is 19.8. The Balaban J connectivity index is 1.71. The van der Waals surface area contributed by atoms with Crippen LogP contribution in [-0.4, -0.2) is 69.3 Å². The van der Waals surface area contributed by atoms with Crippen molar-refractivity contribution in [3.63, 3.8) is 0 Å². The van der Waals surface area contributed by atoms with Crippen LogP contribution in [0, 0.1) is 13.8 Å². The van der Waals surface area contributed by atoms with Gasteiger partial charge in [0.15, 0.2) is 9.84 Å². The second kappa shape index (κ2) is 7.97. The van der Waals surface area contributed by atoms with Crippen molar-refractivity contribution in [2.45, 2.75) is 38.4 Å². The van der Waals surface area contributed by atoms with Crippen molar-refractivity contribution in [3.8, 4) is 5.69 Å². The summed E-state index contributed by atoms with van der Waals surface area (Å²) in [5, 5.41) is 12.4. The van der Waals surface area contributed by atoms with Gasteiger partial charge in [-0.25, -0.2) is 8.42 Å². The molecule has 1 aliphatic heterocycles. The van der Waals surface area contributed by atoms with Crippen molar-refractivity contribution in [2.24, 2.45) is 0 Å². The highest BCUT2D eigenvalue weighted by molar-refractivity contribution is 7.99. The maximum atomic E-state index is 12.7. The topological polar surface area (TPSA) is 98.1 Å². The van der Waals surface area contributed by atoms with Crippen LogP contribution < -0.4 is 0 Å². The van der Waals surface area contributed by atoms with E-state index in [1.54, 1.807) is 9.58 Å². The second-order valence-corrected chi connectivity index (χ2v) is 9.79. The molecule has 1 aromatic heterocycles. The van der Waals surface area contributed by atoms with Gasteiger partial charge in [0.05, 0.1) is 22.9 Å². The zero-order chi connectivity index (χ0) is 19.6. The molecule has 3 rings (SSSR count). The van der Waals surface area contributed by atoms with Gasteiger partial charge in [-0.3, -0.25) is 4.79 Å². The minimum Gasteiger partial charge on any atom is -0.338 e. The number of aromatic nitrogens is 4. The van der Waals surface area contributed by atoms with Gasteiger partial charge in [0.2, 0.25) is 11.1 Å². The van der Waals surface area contributed by atoms with E-state index in [0.717, 1.165) is 16.8 Å². The fourth-order valence-electron chi connectivity index (χ4n) is 3.25. The lowest BCUT2D eigenvalue weighted by molar-refractivity contribution is -0.129. The Hall–Kier alpha value is -1.94. The summed E-state index contributed by atoms with van der Waals surface area (Å²) in [6.07, 6.45) is 0.507. The highest BCUT2D eigenvalue weighted by atomic mass is 32.2. The Kier molecular flexibility index (Phi) is 5.85. The number of hydrogen-bond acceptors (Lipinski definition) is 7. The van der Waals surface area contributed by atoms with Crippen molar-refractivity contribution in [2.75, 3.05) is 23.8 Å². The molecule has 1 saturated heterocycles. The summed E-state index contributed by atoms with van der Waals surface area (Å²) in [5.41, 5.74) is 3.09. The van der Waals surface area contributed by atoms with Crippen LogP contribution in [0.4, 0.5) is 0 Å². The molecular weight excluding hydrogens is 386 g/mol. The molecule has 1 aromatic carbocycles. The number of tetrazole rings is 1. The summed E-state index contributed by atoms with van der Waals surface area (Å²) >= 11 is 1.26. The molecule has 0 bridgehead atoms. The van der Waals surface area contributed by atoms with Crippen LogP contribution in [0.5, 0.6) is 0 Å². The van der Waals surface area contributed by atoms with Crippen molar-refractivity contribution in [1.82, 2.24) is 25.1 Å². The number of benzene rings is 1. The molecular formula is C17H23N5O3S2. The second-order valence-electron chi connectivity index (χ2n) is 6.62. The van der Waals surface area contributed by atoms with Gasteiger partial charge in [0.1, 0.15) is 0 Å². The van der Waals surface area contributed by atoms with E-state index in [1.807, 2.05) is 39.0 Å². The van der Waals surface area contributed by atoms with Crippen LogP contribution in [-0.2, 0) is 14.6 Å². The Morgan fingerprint density at radius 2 is 2.15 bits per heavy atom. The van der Waals surface area contributed by atoms with Gasteiger partial charge in [0.25, 0.3) is 0 Å². The minimum atomic E-state index is -3.03. The number of thioether (sulfide) groups is 1. The monoisotopic (exact) mass is 409 g/mol. The van der Waals surface area contributed by atoms with Crippen molar-refractivity contribution in [1.29, 1.82) is 0 Å². The molecule has 0 unspecified atom stereocenters. The van der Waals surface area contributed by atoms with E-state index in [0.29, 0.717) is 18.1 Å². The van der Waals surface area contributed by atoms with Gasteiger partial charge >= 0.3 is 0 Å². The summed E-state index contributed by atoms with van der Waals surface area (Å²) in [6, 6.07) is 5.67. The molecule has 1 atom stereocenters. The number of nitrogens with zero attached hydrogens (tertiary/aromatic N) is 5. The molecule has 1 aliphatic rings. The Bertz CT molecular complexity index is 942. The standard InChI is InChI=1S/C17H23N5O3S2/c1-4-21(14-8-9-27(24,25)11-14)16(23)10-26-17-18-19-20-22(17)15-7-5-6-12(2)13(15)3/h5-7,14H,4,8-11H2,1-3H3/t14-/m0/s1. The number of amides is 1. The molecule has 0 aliphatic carbocycles. The Labute approximate surface area is 163 Å². The van der Waals surface area contributed by atoms with E-state index in [-0.39, 0.29) is 29.2 Å². The van der Waals surface area contributed by atoms with E-state index in [2.05, 4.69) is 15.5 Å². The number of hydrogen-bond donors (Lipinski definition) is 0. The zero-order valence-electron chi connectivity index (χ0n) is 15.6. The van der Waals surface area contributed by atoms with E-state index in [4.69, 9.17) is 0 Å². The molecule has 0 saturated carbocycles. The largest absolute Gasteiger partial charge is 0.338 e. The van der Waals surface area contributed by atoms with Gasteiger partial charge in [-0.05, 0) is 54.8 Å². The number of aryl methyl sites for hydroxylation is 1. The average molecular weight is 410 g/mol. The van der Waals surface area contributed by atoms with Crippen LogP contribution in [0.15, 0.2) is 23.4 Å². The molecule has 0 radical (unpaired) electrons. The Morgan fingerprint density at radius 1 is 1.37 bits per heavy atom. The van der Waals surface area contributed by atoms with Gasteiger partial charge in [-0.2, -0.15) is 4.68 Å². The number of carbonyl (C=O) groups excluding carboxylic acids is 1. The third-order valence-electron chi connectivity index (χ3n) is 4.88. The third-order valence-corrected chi connectivity index (χ3v) is 7.53. The predicted molar refractivity (Wildman–Crippen MR) is 104 cm³/mol. The van der Waals surface area contributed by atoms with Crippen LogP contribution in [0.1, 0.15) is 24.5 Å². The first-order chi connectivity index (χ1) is 12.8. The van der Waals surface area contributed by atoms with Gasteiger partial charge in [0, 0.05) is 12.6 Å². The van der Waals surface area contributed by atoms with Gasteiger partial charge in [-0.15, -0.1) is 5.10 Å². The highest BCUT2D eigenvalue weighted by Crippen LogP contribution is 2.24. The molecule has 2 heterocycles. The zero-order valence-corrected chi connectivity index (χ0v) is 17.3. The summed E-state index contributed by atoms with van der Waals surface area (Å²) in [7, 11) is -3.03. The maximum Gasteiger partial charge on any atom is 0.233 e. The van der Waals surface area contributed by atoms with Gasteiger partial charge < -0.3 is 4.90 Å². The average Bonchev–Trinajstić information content (AvgIpc) is 3.22. The lowest BCUT2D eigenvalue weighted by atomic mass is 10.1. The molecule has 8 nitrogen and oxygen atoms in total. The van der Waals surface area contributed by atoms with Crippen molar-refractivity contribution < 1.29 is 13.2 Å². The summed E-state index contributed by atoms with van der Waals surface area (Å²) in [5.74, 6) is 0.271. The first-order valence-electron chi connectivity index (χ1n) is 8.80. The molecule has 0 N–H and O–H groups in total. The molecule has 27 heavy (non-hydrogen) atoms. The normalized spacial score (nSPS) is 18.6. The van der Waals surface area contributed by atoms with Gasteiger partial charge in [-0.1, -0.05) is 23.9 Å². The summed E-state index contributed by atoms with van der Waals surface area (Å²) < 4.78 is 25.1. The molecule has 2 aromatic rings. The Morgan fingerprint density at radius 3 is 2.81 bits per heavy atom. The van der Waals surface area contributed by atoms with Crippen molar-refractivity contribution in [3.05, 3.63) is 29.3 Å². The lowest BCUT2D eigenvalue weighted by Crippen LogP contribution is -2.42. The van der Waals surface area contributed by atoms with Crippen molar-refractivity contribution >= 4 is 27.5 Å². The molecule has 10 heteroatoms. The maximum absolute atomic E-state index is 12.7. The molecule has 146 valence electrons. The van der Waals surface area contributed by atoms with E-state index < -0.39 is 9.84 Å². The number of rotatable bonds is 6. The summed E-state index contributed by atoms with van der Waals surface area (Å²) in [4.78, 5) is 14.3. The molecule has 1 fully saturated rings. The highest BCUT2D eigenvalue weighted by Gasteiger charge is 2.33. The third kappa shape index (κ3) is 4.32.